The van der Waals surface area contributed by atoms with Crippen molar-refractivity contribution in [2.24, 2.45) is 0 Å². The summed E-state index contributed by atoms with van der Waals surface area (Å²) in [7, 11) is 3.38. The van der Waals surface area contributed by atoms with Gasteiger partial charge in [-0.15, -0.1) is 0 Å². The molecular weight excluding hydrogens is 488 g/mol. The Morgan fingerprint density at radius 1 is 1.08 bits per heavy atom. The molecule has 0 fully saturated rings. The fraction of sp³-hybridized carbons (Fsp3) is 0.333. The van der Waals surface area contributed by atoms with Gasteiger partial charge in [0.05, 0.1) is 25.7 Å². The quantitative estimate of drug-likeness (QED) is 0.350. The van der Waals surface area contributed by atoms with Crippen LogP contribution >= 0.6 is 11.6 Å². The largest absolute Gasteiger partial charge is 0.493 e. The third kappa shape index (κ3) is 5.44. The molecule has 7 heteroatoms. The molecule has 2 amide bonds. The lowest BCUT2D eigenvalue weighted by atomic mass is 9.86. The smallest absolute Gasteiger partial charge is 0.253 e. The Balaban J connectivity index is 1.84. The molecule has 1 aliphatic heterocycles. The Bertz CT molecular complexity index is 1270. The van der Waals surface area contributed by atoms with E-state index in [1.54, 1.807) is 36.1 Å². The number of anilines is 1. The molecule has 0 bridgehead atoms. The third-order valence-electron chi connectivity index (χ3n) is 6.89. The number of benzene rings is 3. The van der Waals surface area contributed by atoms with Gasteiger partial charge in [0, 0.05) is 29.9 Å². The van der Waals surface area contributed by atoms with Gasteiger partial charge in [-0.2, -0.15) is 0 Å². The van der Waals surface area contributed by atoms with Gasteiger partial charge in [0.2, 0.25) is 5.91 Å². The molecule has 2 atom stereocenters. The molecule has 6 nitrogen and oxygen atoms in total. The third-order valence-corrected chi connectivity index (χ3v) is 7.14. The molecule has 1 unspecified atom stereocenters. The second-order valence-corrected chi connectivity index (χ2v) is 9.74. The molecule has 0 aromatic heterocycles. The number of carbonyl (C=O) groups is 2. The zero-order valence-electron chi connectivity index (χ0n) is 22.0. The number of hydrogen-bond donors (Lipinski definition) is 0. The van der Waals surface area contributed by atoms with Crippen molar-refractivity contribution in [3.8, 4) is 11.5 Å². The van der Waals surface area contributed by atoms with E-state index in [2.05, 4.69) is 6.92 Å². The number of fused-ring (bicyclic) bond motifs is 1. The number of nitrogens with zero attached hydrogens (tertiary/aromatic N) is 2. The molecule has 0 aliphatic carbocycles. The van der Waals surface area contributed by atoms with E-state index in [1.165, 1.54) is 0 Å². The van der Waals surface area contributed by atoms with Crippen LogP contribution in [0.1, 0.15) is 60.3 Å². The summed E-state index contributed by atoms with van der Waals surface area (Å²) < 4.78 is 11.8. The van der Waals surface area contributed by atoms with Gasteiger partial charge in [0.15, 0.2) is 11.5 Å². The van der Waals surface area contributed by atoms with Crippen molar-refractivity contribution >= 4 is 29.1 Å². The van der Waals surface area contributed by atoms with Crippen LogP contribution in [0.2, 0.25) is 5.02 Å². The molecule has 0 saturated carbocycles. The average molecular weight is 521 g/mol. The van der Waals surface area contributed by atoms with E-state index in [1.807, 2.05) is 62.4 Å². The van der Waals surface area contributed by atoms with Crippen molar-refractivity contribution in [1.29, 1.82) is 0 Å². The maximum atomic E-state index is 13.6. The first kappa shape index (κ1) is 26.6. The summed E-state index contributed by atoms with van der Waals surface area (Å²) in [6.07, 6.45) is 1.08. The summed E-state index contributed by atoms with van der Waals surface area (Å²) in [4.78, 5) is 29.7. The highest BCUT2D eigenvalue weighted by Gasteiger charge is 2.36. The number of rotatable bonds is 8. The first-order valence-corrected chi connectivity index (χ1v) is 13.0. The molecule has 1 aliphatic rings. The number of hydrogen-bond acceptors (Lipinski definition) is 4. The van der Waals surface area contributed by atoms with E-state index in [-0.39, 0.29) is 24.3 Å². The van der Waals surface area contributed by atoms with Crippen LogP contribution in [-0.2, 0) is 11.2 Å². The summed E-state index contributed by atoms with van der Waals surface area (Å²) in [6, 6.07) is 18.3. The van der Waals surface area contributed by atoms with Crippen molar-refractivity contribution in [3.63, 3.8) is 0 Å². The van der Waals surface area contributed by atoms with Gasteiger partial charge < -0.3 is 19.3 Å². The Labute approximate surface area is 223 Å². The van der Waals surface area contributed by atoms with Crippen LogP contribution in [0.15, 0.2) is 60.7 Å². The Hall–Kier alpha value is -3.51. The van der Waals surface area contributed by atoms with Crippen LogP contribution < -0.4 is 14.4 Å². The van der Waals surface area contributed by atoms with E-state index < -0.39 is 6.04 Å². The SMILES string of the molecule is CCC(C)Oc1cc2c(cc1OC)CC(=O)N(c1ccc(C(=O)N(C)CC)cc1)[C@H]2c1ccc(Cl)cc1. The maximum Gasteiger partial charge on any atom is 0.253 e. The predicted octanol–water partition coefficient (Wildman–Crippen LogP) is 6.30. The Morgan fingerprint density at radius 3 is 2.35 bits per heavy atom. The number of methoxy groups -OCH3 is 1. The van der Waals surface area contributed by atoms with Crippen LogP contribution in [0.3, 0.4) is 0 Å². The number of ether oxygens (including phenoxy) is 2. The lowest BCUT2D eigenvalue weighted by molar-refractivity contribution is -0.118. The molecule has 3 aromatic carbocycles. The first-order valence-electron chi connectivity index (χ1n) is 12.6. The monoisotopic (exact) mass is 520 g/mol. The highest BCUT2D eigenvalue weighted by Crippen LogP contribution is 2.43. The van der Waals surface area contributed by atoms with E-state index >= 15 is 0 Å². The summed E-state index contributed by atoms with van der Waals surface area (Å²) in [6.45, 7) is 6.63. The van der Waals surface area contributed by atoms with Gasteiger partial charge in [-0.1, -0.05) is 30.7 Å². The van der Waals surface area contributed by atoms with Crippen LogP contribution in [0, 0.1) is 0 Å². The molecule has 0 radical (unpaired) electrons. The lowest BCUT2D eigenvalue weighted by Gasteiger charge is -2.38. The van der Waals surface area contributed by atoms with E-state index in [0.29, 0.717) is 34.3 Å². The molecule has 0 saturated heterocycles. The maximum absolute atomic E-state index is 13.6. The molecule has 194 valence electrons. The molecule has 37 heavy (non-hydrogen) atoms. The number of halogens is 1. The van der Waals surface area contributed by atoms with E-state index in [0.717, 1.165) is 23.1 Å². The van der Waals surface area contributed by atoms with Gasteiger partial charge in [-0.05, 0) is 85.5 Å². The summed E-state index contributed by atoms with van der Waals surface area (Å²) in [5.41, 5.74) is 4.07. The van der Waals surface area contributed by atoms with E-state index in [9.17, 15) is 9.59 Å². The summed E-state index contributed by atoms with van der Waals surface area (Å²) in [5, 5.41) is 0.621. The molecular formula is C30H33ClN2O4. The Morgan fingerprint density at radius 2 is 1.76 bits per heavy atom. The predicted molar refractivity (Wildman–Crippen MR) is 147 cm³/mol. The minimum Gasteiger partial charge on any atom is -0.493 e. The van der Waals surface area contributed by atoms with Crippen LogP contribution in [0.4, 0.5) is 5.69 Å². The second kappa shape index (κ2) is 11.3. The van der Waals surface area contributed by atoms with Gasteiger partial charge >= 0.3 is 0 Å². The van der Waals surface area contributed by atoms with Crippen molar-refractivity contribution in [3.05, 3.63) is 87.9 Å². The van der Waals surface area contributed by atoms with Gasteiger partial charge in [-0.25, -0.2) is 0 Å². The molecule has 0 spiro atoms. The molecule has 4 rings (SSSR count). The van der Waals surface area contributed by atoms with Gasteiger partial charge in [-0.3, -0.25) is 9.59 Å². The number of amides is 2. The molecule has 1 heterocycles. The molecule has 3 aromatic rings. The minimum absolute atomic E-state index is 0.00795. The Kier molecular flexibility index (Phi) is 8.08. The number of carbonyl (C=O) groups excluding carboxylic acids is 2. The lowest BCUT2D eigenvalue weighted by Crippen LogP contribution is -2.41. The van der Waals surface area contributed by atoms with Crippen LogP contribution in [0.5, 0.6) is 11.5 Å². The second-order valence-electron chi connectivity index (χ2n) is 9.30. The van der Waals surface area contributed by atoms with Crippen molar-refractivity contribution < 1.29 is 19.1 Å². The summed E-state index contributed by atoms with van der Waals surface area (Å²) in [5.74, 6) is 1.15. The van der Waals surface area contributed by atoms with Crippen molar-refractivity contribution in [2.45, 2.75) is 45.8 Å². The van der Waals surface area contributed by atoms with E-state index in [4.69, 9.17) is 21.1 Å². The summed E-state index contributed by atoms with van der Waals surface area (Å²) >= 11 is 6.20. The standard InChI is InChI=1S/C30H33ClN2O4/c1-6-19(3)37-27-18-25-22(16-26(27)36-5)17-28(34)33(29(25)20-8-12-23(31)13-9-20)24-14-10-21(11-15-24)30(35)32(4)7-2/h8-16,18-19,29H,6-7,17H2,1-5H3/t19?,29-/m0/s1. The fourth-order valence-electron chi connectivity index (χ4n) is 4.50. The minimum atomic E-state index is -0.404. The van der Waals surface area contributed by atoms with Crippen LogP contribution in [0.25, 0.3) is 0 Å². The van der Waals surface area contributed by atoms with Crippen LogP contribution in [-0.4, -0.2) is 43.5 Å². The topological polar surface area (TPSA) is 59.1 Å². The highest BCUT2D eigenvalue weighted by molar-refractivity contribution is 6.30. The van der Waals surface area contributed by atoms with Crippen molar-refractivity contribution in [2.75, 3.05) is 25.6 Å². The fourth-order valence-corrected chi connectivity index (χ4v) is 4.63. The normalized spacial score (nSPS) is 15.7. The van der Waals surface area contributed by atoms with Gasteiger partial charge in [0.25, 0.3) is 5.91 Å². The first-order chi connectivity index (χ1) is 17.8. The zero-order valence-corrected chi connectivity index (χ0v) is 22.7. The van der Waals surface area contributed by atoms with Crippen molar-refractivity contribution in [1.82, 2.24) is 4.90 Å². The highest BCUT2D eigenvalue weighted by atomic mass is 35.5. The average Bonchev–Trinajstić information content (AvgIpc) is 2.92. The van der Waals surface area contributed by atoms with Gasteiger partial charge in [0.1, 0.15) is 0 Å². The zero-order chi connectivity index (χ0) is 26.7. The molecule has 0 N–H and O–H groups in total.